The van der Waals surface area contributed by atoms with Gasteiger partial charge in [0.2, 0.25) is 5.83 Å². The number of hydrogen-bond acceptors (Lipinski definition) is 0. The van der Waals surface area contributed by atoms with Crippen LogP contribution in [0.3, 0.4) is 0 Å². The highest BCUT2D eigenvalue weighted by atomic mass is 19.1. The average Bonchev–Trinajstić information content (AvgIpc) is 2.01. The Kier molecular flexibility index (Phi) is 2.65. The first-order valence-electron chi connectivity index (χ1n) is 4.51. The van der Waals surface area contributed by atoms with Gasteiger partial charge in [-0.2, -0.15) is 4.39 Å². The maximum atomic E-state index is 12.9. The lowest BCUT2D eigenvalue weighted by molar-refractivity contribution is 0.500. The Morgan fingerprint density at radius 3 is 2.46 bits per heavy atom. The third kappa shape index (κ3) is 2.48. The van der Waals surface area contributed by atoms with Gasteiger partial charge in [0.1, 0.15) is 0 Å². The van der Waals surface area contributed by atoms with Crippen molar-refractivity contribution >= 4 is 0 Å². The van der Waals surface area contributed by atoms with Gasteiger partial charge in [-0.05, 0) is 27.7 Å². The Morgan fingerprint density at radius 2 is 2.00 bits per heavy atom. The fraction of sp³-hybridized carbons (Fsp3) is 0.417. The van der Waals surface area contributed by atoms with Gasteiger partial charge in [-0.1, -0.05) is 0 Å². The molecular formula is C12H16F+. The van der Waals surface area contributed by atoms with Gasteiger partial charge < -0.3 is 0 Å². The fourth-order valence-electron chi connectivity index (χ4n) is 1.15. The van der Waals surface area contributed by atoms with E-state index in [0.29, 0.717) is 0 Å². The quantitative estimate of drug-likeness (QED) is 0.493. The first-order chi connectivity index (χ1) is 5.91. The predicted octanol–water partition coefficient (Wildman–Crippen LogP) is 3.98. The summed E-state index contributed by atoms with van der Waals surface area (Å²) in [7, 11) is 0. The van der Waals surface area contributed by atoms with E-state index in [1.807, 2.05) is 6.42 Å². The molecule has 13 heavy (non-hydrogen) atoms. The maximum absolute atomic E-state index is 12.9. The van der Waals surface area contributed by atoms with Crippen LogP contribution >= 0.6 is 0 Å². The van der Waals surface area contributed by atoms with Crippen LogP contribution in [0.4, 0.5) is 4.39 Å². The molecule has 0 radical (unpaired) electrons. The van der Waals surface area contributed by atoms with Crippen molar-refractivity contribution in [3.8, 4) is 0 Å². The molecule has 1 aliphatic carbocycles. The van der Waals surface area contributed by atoms with Crippen molar-refractivity contribution in [1.29, 1.82) is 0 Å². The standard InChI is InChI=1S/C12H16F/c1-9(12(2,3)4)10-6-5-7-11(13)8-10/h5-8H,1-4H3/q+1/b10-9-. The second-order valence-electron chi connectivity index (χ2n) is 4.39. The van der Waals surface area contributed by atoms with Gasteiger partial charge >= 0.3 is 0 Å². The zero-order valence-corrected chi connectivity index (χ0v) is 8.69. The highest BCUT2D eigenvalue weighted by Gasteiger charge is 2.22. The molecule has 1 rings (SSSR count). The molecule has 0 aromatic rings. The Labute approximate surface area is 79.8 Å². The van der Waals surface area contributed by atoms with E-state index in [0.717, 1.165) is 5.57 Å². The third-order valence-electron chi connectivity index (χ3n) is 2.38. The molecule has 0 atom stereocenters. The first kappa shape index (κ1) is 10.1. The van der Waals surface area contributed by atoms with Gasteiger partial charge in [0.05, 0.1) is 17.7 Å². The molecule has 1 heteroatoms. The molecule has 0 N–H and O–H groups in total. The van der Waals surface area contributed by atoms with Crippen LogP contribution in [0.5, 0.6) is 0 Å². The molecule has 70 valence electrons. The van der Waals surface area contributed by atoms with Crippen LogP contribution in [0.15, 0.2) is 35.2 Å². The lowest BCUT2D eigenvalue weighted by Gasteiger charge is -2.18. The van der Waals surface area contributed by atoms with Crippen molar-refractivity contribution in [2.75, 3.05) is 0 Å². The second kappa shape index (κ2) is 3.41. The summed E-state index contributed by atoms with van der Waals surface area (Å²) in [6.07, 6.45) is 6.75. The largest absolute Gasteiger partial charge is 0.205 e. The highest BCUT2D eigenvalue weighted by Crippen LogP contribution is 2.31. The van der Waals surface area contributed by atoms with Crippen molar-refractivity contribution < 1.29 is 4.39 Å². The molecule has 0 aliphatic heterocycles. The van der Waals surface area contributed by atoms with E-state index in [4.69, 9.17) is 0 Å². The number of allylic oxidation sites excluding steroid dienone is 6. The topological polar surface area (TPSA) is 0 Å². The lowest BCUT2D eigenvalue weighted by atomic mass is 9.83. The summed E-state index contributed by atoms with van der Waals surface area (Å²) in [6.45, 7) is 8.45. The summed E-state index contributed by atoms with van der Waals surface area (Å²) in [5.74, 6) is -0.166. The van der Waals surface area contributed by atoms with E-state index in [2.05, 4.69) is 27.7 Å². The molecule has 0 spiro atoms. The molecular weight excluding hydrogens is 163 g/mol. The summed E-state index contributed by atoms with van der Waals surface area (Å²) < 4.78 is 12.9. The number of rotatable bonds is 0. The lowest BCUT2D eigenvalue weighted by Crippen LogP contribution is -2.09. The zero-order chi connectivity index (χ0) is 10.1. The Hall–Kier alpha value is -0.980. The van der Waals surface area contributed by atoms with Crippen LogP contribution < -0.4 is 0 Å². The molecule has 0 aromatic heterocycles. The van der Waals surface area contributed by atoms with Crippen LogP contribution in [0.1, 0.15) is 27.7 Å². The van der Waals surface area contributed by atoms with Crippen molar-refractivity contribution in [2.45, 2.75) is 27.7 Å². The van der Waals surface area contributed by atoms with Crippen LogP contribution in [-0.2, 0) is 0 Å². The molecule has 0 bridgehead atoms. The maximum Gasteiger partial charge on any atom is 0.205 e. The molecule has 0 fully saturated rings. The smallest absolute Gasteiger partial charge is 0.183 e. The molecule has 0 amide bonds. The molecule has 0 aromatic carbocycles. The van der Waals surface area contributed by atoms with Crippen LogP contribution in [-0.4, -0.2) is 0 Å². The van der Waals surface area contributed by atoms with Crippen molar-refractivity contribution in [2.24, 2.45) is 5.41 Å². The molecule has 0 heterocycles. The van der Waals surface area contributed by atoms with E-state index in [1.165, 1.54) is 11.6 Å². The van der Waals surface area contributed by atoms with Crippen molar-refractivity contribution in [3.63, 3.8) is 0 Å². The first-order valence-corrected chi connectivity index (χ1v) is 4.51. The second-order valence-corrected chi connectivity index (χ2v) is 4.39. The minimum Gasteiger partial charge on any atom is -0.183 e. The van der Waals surface area contributed by atoms with Gasteiger partial charge in [0, 0.05) is 23.5 Å². The number of hydrogen-bond donors (Lipinski definition) is 0. The van der Waals surface area contributed by atoms with E-state index >= 15 is 0 Å². The summed E-state index contributed by atoms with van der Waals surface area (Å²) in [4.78, 5) is 0. The monoisotopic (exact) mass is 179 g/mol. The van der Waals surface area contributed by atoms with Crippen LogP contribution in [0.25, 0.3) is 0 Å². The Morgan fingerprint density at radius 1 is 1.38 bits per heavy atom. The molecule has 0 saturated carbocycles. The molecule has 1 aliphatic rings. The number of halogens is 1. The third-order valence-corrected chi connectivity index (χ3v) is 2.38. The van der Waals surface area contributed by atoms with E-state index in [1.54, 1.807) is 12.2 Å². The van der Waals surface area contributed by atoms with Gasteiger partial charge in [0.25, 0.3) is 0 Å². The Balaban J connectivity index is 3.01. The summed E-state index contributed by atoms with van der Waals surface area (Å²) in [5, 5.41) is 0. The molecule has 0 saturated heterocycles. The van der Waals surface area contributed by atoms with Crippen LogP contribution in [0.2, 0.25) is 0 Å². The predicted molar refractivity (Wildman–Crippen MR) is 54.8 cm³/mol. The molecule has 0 unspecified atom stereocenters. The zero-order valence-electron chi connectivity index (χ0n) is 8.69. The minimum absolute atomic E-state index is 0.105. The molecule has 0 nitrogen and oxygen atoms in total. The summed E-state index contributed by atoms with van der Waals surface area (Å²) >= 11 is 0. The minimum atomic E-state index is -0.166. The van der Waals surface area contributed by atoms with Gasteiger partial charge in [-0.15, -0.1) is 0 Å². The SMILES string of the molecule is C/C(=C1/C=C(F)C=C[CH+]1)C(C)(C)C. The Bertz CT molecular complexity index is 285. The fourth-order valence-corrected chi connectivity index (χ4v) is 1.15. The normalized spacial score (nSPS) is 20.8. The van der Waals surface area contributed by atoms with Crippen molar-refractivity contribution in [1.82, 2.24) is 0 Å². The van der Waals surface area contributed by atoms with Gasteiger partial charge in [0.15, 0.2) is 0 Å². The van der Waals surface area contributed by atoms with Gasteiger partial charge in [-0.3, -0.25) is 0 Å². The van der Waals surface area contributed by atoms with E-state index in [-0.39, 0.29) is 11.2 Å². The van der Waals surface area contributed by atoms with Crippen LogP contribution in [0, 0.1) is 11.8 Å². The van der Waals surface area contributed by atoms with Crippen molar-refractivity contribution in [3.05, 3.63) is 41.6 Å². The van der Waals surface area contributed by atoms with Gasteiger partial charge in [-0.25, -0.2) is 0 Å². The van der Waals surface area contributed by atoms with E-state index in [9.17, 15) is 4.39 Å². The highest BCUT2D eigenvalue weighted by molar-refractivity contribution is 5.44. The van der Waals surface area contributed by atoms with E-state index < -0.39 is 0 Å². The summed E-state index contributed by atoms with van der Waals surface area (Å²) in [6, 6.07) is 0. The average molecular weight is 179 g/mol. The summed E-state index contributed by atoms with van der Waals surface area (Å²) in [5.41, 5.74) is 2.31.